The maximum atomic E-state index is 10.4. The standard InChI is InChI=1S/C26H21N3OS/c30-25-16-7-6-14-22(25)23-17-24(21-15-8-10-18-9-4-5-13-20(18)21)29(28-23)26(31)27-19-11-2-1-3-12-19/h1-16,24,30H,17H2,(H,27,31). The molecule has 0 saturated carbocycles. The van der Waals surface area contributed by atoms with Crippen LogP contribution < -0.4 is 5.32 Å². The minimum atomic E-state index is -0.0792. The summed E-state index contributed by atoms with van der Waals surface area (Å²) >= 11 is 5.78. The summed E-state index contributed by atoms with van der Waals surface area (Å²) in [6, 6.07) is 31.7. The fourth-order valence-electron chi connectivity index (χ4n) is 4.06. The monoisotopic (exact) mass is 423 g/mol. The first-order valence-electron chi connectivity index (χ1n) is 10.2. The van der Waals surface area contributed by atoms with Crippen molar-refractivity contribution >= 4 is 39.5 Å². The van der Waals surface area contributed by atoms with E-state index >= 15 is 0 Å². The molecule has 0 amide bonds. The van der Waals surface area contributed by atoms with Gasteiger partial charge in [0, 0.05) is 17.7 Å². The van der Waals surface area contributed by atoms with E-state index in [4.69, 9.17) is 17.3 Å². The van der Waals surface area contributed by atoms with Crippen LogP contribution in [0.3, 0.4) is 0 Å². The highest BCUT2D eigenvalue weighted by atomic mass is 32.1. The molecule has 0 bridgehead atoms. The third-order valence-corrected chi connectivity index (χ3v) is 5.83. The molecule has 1 aliphatic heterocycles. The number of nitrogens with zero attached hydrogens (tertiary/aromatic N) is 2. The first-order chi connectivity index (χ1) is 15.2. The number of aromatic hydroxyl groups is 1. The first kappa shape index (κ1) is 19.3. The zero-order valence-electron chi connectivity index (χ0n) is 16.8. The van der Waals surface area contributed by atoms with Crippen LogP contribution in [0.25, 0.3) is 10.8 Å². The number of hydrazone groups is 1. The van der Waals surface area contributed by atoms with Crippen molar-refractivity contribution in [1.29, 1.82) is 0 Å². The molecule has 5 heteroatoms. The molecule has 0 radical (unpaired) electrons. The Morgan fingerprint density at radius 2 is 1.58 bits per heavy atom. The summed E-state index contributed by atoms with van der Waals surface area (Å²) in [6.07, 6.45) is 0.641. The predicted octanol–water partition coefficient (Wildman–Crippen LogP) is 6.09. The highest BCUT2D eigenvalue weighted by molar-refractivity contribution is 7.80. The van der Waals surface area contributed by atoms with Gasteiger partial charge in [0.25, 0.3) is 0 Å². The molecule has 4 aromatic carbocycles. The molecule has 4 nitrogen and oxygen atoms in total. The van der Waals surface area contributed by atoms with Gasteiger partial charge < -0.3 is 10.4 Å². The summed E-state index contributed by atoms with van der Waals surface area (Å²) in [5.41, 5.74) is 3.62. The van der Waals surface area contributed by atoms with E-state index in [2.05, 4.69) is 41.7 Å². The van der Waals surface area contributed by atoms with Crippen molar-refractivity contribution in [2.45, 2.75) is 12.5 Å². The van der Waals surface area contributed by atoms with Gasteiger partial charge in [0.15, 0.2) is 5.11 Å². The van der Waals surface area contributed by atoms with Gasteiger partial charge in [0.2, 0.25) is 0 Å². The maximum absolute atomic E-state index is 10.4. The molecule has 1 heterocycles. The quantitative estimate of drug-likeness (QED) is 0.391. The van der Waals surface area contributed by atoms with E-state index in [1.165, 1.54) is 10.8 Å². The molecule has 152 valence electrons. The smallest absolute Gasteiger partial charge is 0.194 e. The maximum Gasteiger partial charge on any atom is 0.194 e. The number of anilines is 1. The summed E-state index contributed by atoms with van der Waals surface area (Å²) < 4.78 is 0. The highest BCUT2D eigenvalue weighted by Gasteiger charge is 2.33. The van der Waals surface area contributed by atoms with E-state index < -0.39 is 0 Å². The molecule has 0 fully saturated rings. The number of nitrogens with one attached hydrogen (secondary N) is 1. The van der Waals surface area contributed by atoms with Crippen LogP contribution in [0.15, 0.2) is 102 Å². The Morgan fingerprint density at radius 3 is 2.42 bits per heavy atom. The lowest BCUT2D eigenvalue weighted by Gasteiger charge is -2.26. The highest BCUT2D eigenvalue weighted by Crippen LogP contribution is 2.38. The van der Waals surface area contributed by atoms with Crippen molar-refractivity contribution < 1.29 is 5.11 Å². The zero-order chi connectivity index (χ0) is 21.2. The molecule has 1 aliphatic rings. The summed E-state index contributed by atoms with van der Waals surface area (Å²) in [7, 11) is 0. The van der Waals surface area contributed by atoms with Crippen LogP contribution in [-0.4, -0.2) is 20.9 Å². The van der Waals surface area contributed by atoms with E-state index in [1.807, 2.05) is 59.6 Å². The zero-order valence-corrected chi connectivity index (χ0v) is 17.6. The van der Waals surface area contributed by atoms with Crippen molar-refractivity contribution in [3.8, 4) is 5.75 Å². The van der Waals surface area contributed by atoms with E-state index in [-0.39, 0.29) is 11.8 Å². The molecule has 1 unspecified atom stereocenters. The SMILES string of the molecule is Oc1ccccc1C1=NN(C(=S)Nc2ccccc2)C(c2cccc3ccccc23)C1. The van der Waals surface area contributed by atoms with Gasteiger partial charge in [-0.2, -0.15) is 5.10 Å². The second-order valence-electron chi connectivity index (χ2n) is 7.49. The van der Waals surface area contributed by atoms with Crippen LogP contribution in [0.2, 0.25) is 0 Å². The van der Waals surface area contributed by atoms with Gasteiger partial charge in [0.05, 0.1) is 11.8 Å². The van der Waals surface area contributed by atoms with Gasteiger partial charge in [-0.05, 0) is 52.8 Å². The lowest BCUT2D eigenvalue weighted by molar-refractivity contribution is 0.377. The number of benzene rings is 4. The third kappa shape index (κ3) is 3.76. The van der Waals surface area contributed by atoms with Crippen LogP contribution in [-0.2, 0) is 0 Å². The summed E-state index contributed by atoms with van der Waals surface area (Å²) in [4.78, 5) is 0. The molecule has 4 aromatic rings. The number of rotatable bonds is 3. The average Bonchev–Trinajstić information content (AvgIpc) is 3.25. The lowest BCUT2D eigenvalue weighted by atomic mass is 9.94. The Balaban J connectivity index is 1.57. The molecule has 0 aliphatic carbocycles. The van der Waals surface area contributed by atoms with Gasteiger partial charge in [-0.25, -0.2) is 5.01 Å². The Hall–Kier alpha value is -3.70. The van der Waals surface area contributed by atoms with E-state index in [1.54, 1.807) is 6.07 Å². The van der Waals surface area contributed by atoms with Gasteiger partial charge in [-0.1, -0.05) is 72.8 Å². The summed E-state index contributed by atoms with van der Waals surface area (Å²) in [5.74, 6) is 0.224. The Bertz CT molecular complexity index is 1280. The topological polar surface area (TPSA) is 47.9 Å². The van der Waals surface area contributed by atoms with E-state index in [9.17, 15) is 5.11 Å². The van der Waals surface area contributed by atoms with Crippen molar-refractivity contribution in [2.75, 3.05) is 5.32 Å². The molecule has 0 spiro atoms. The Kier molecular flexibility index (Phi) is 5.10. The summed E-state index contributed by atoms with van der Waals surface area (Å²) in [6.45, 7) is 0. The van der Waals surface area contributed by atoms with Crippen molar-refractivity contribution in [3.05, 3.63) is 108 Å². The molecule has 2 N–H and O–H groups in total. The van der Waals surface area contributed by atoms with Crippen LogP contribution in [0.5, 0.6) is 5.75 Å². The van der Waals surface area contributed by atoms with E-state index in [0.717, 1.165) is 22.5 Å². The van der Waals surface area contributed by atoms with Crippen LogP contribution in [0.4, 0.5) is 5.69 Å². The minimum absolute atomic E-state index is 0.0792. The third-order valence-electron chi connectivity index (χ3n) is 5.54. The lowest BCUT2D eigenvalue weighted by Crippen LogP contribution is -2.31. The van der Waals surface area contributed by atoms with Crippen molar-refractivity contribution in [3.63, 3.8) is 0 Å². The van der Waals surface area contributed by atoms with Gasteiger partial charge >= 0.3 is 0 Å². The molecule has 1 atom stereocenters. The molecule has 5 rings (SSSR count). The predicted molar refractivity (Wildman–Crippen MR) is 130 cm³/mol. The van der Waals surface area contributed by atoms with Crippen LogP contribution >= 0.6 is 12.2 Å². The molecule has 31 heavy (non-hydrogen) atoms. The number of para-hydroxylation sites is 2. The Morgan fingerprint density at radius 1 is 0.871 bits per heavy atom. The van der Waals surface area contributed by atoms with Gasteiger partial charge in [0.1, 0.15) is 5.75 Å². The second-order valence-corrected chi connectivity index (χ2v) is 7.88. The number of thiocarbonyl (C=S) groups is 1. The van der Waals surface area contributed by atoms with Crippen molar-refractivity contribution in [2.24, 2.45) is 5.10 Å². The van der Waals surface area contributed by atoms with Crippen LogP contribution in [0, 0.1) is 0 Å². The molecular weight excluding hydrogens is 402 g/mol. The number of fused-ring (bicyclic) bond motifs is 1. The normalized spacial score (nSPS) is 15.7. The fraction of sp³-hybridized carbons (Fsp3) is 0.0769. The van der Waals surface area contributed by atoms with Gasteiger partial charge in [-0.3, -0.25) is 0 Å². The average molecular weight is 424 g/mol. The summed E-state index contributed by atoms with van der Waals surface area (Å²) in [5, 5.41) is 23.3. The second kappa shape index (κ2) is 8.20. The number of hydrogen-bond acceptors (Lipinski definition) is 3. The molecule has 0 saturated heterocycles. The van der Waals surface area contributed by atoms with Crippen LogP contribution in [0.1, 0.15) is 23.6 Å². The number of phenols is 1. The van der Waals surface area contributed by atoms with Gasteiger partial charge in [-0.15, -0.1) is 0 Å². The molecular formula is C26H21N3OS. The fourth-order valence-corrected chi connectivity index (χ4v) is 4.35. The number of phenolic OH excluding ortho intramolecular Hbond substituents is 1. The minimum Gasteiger partial charge on any atom is -0.507 e. The van der Waals surface area contributed by atoms with E-state index in [0.29, 0.717) is 11.5 Å². The number of hydrogen-bond donors (Lipinski definition) is 2. The first-order valence-corrected chi connectivity index (χ1v) is 10.6. The molecule has 0 aromatic heterocycles. The largest absolute Gasteiger partial charge is 0.507 e. The van der Waals surface area contributed by atoms with Crippen molar-refractivity contribution in [1.82, 2.24) is 5.01 Å². The Labute approximate surface area is 186 Å².